The molecule has 1 aromatic rings. The van der Waals surface area contributed by atoms with E-state index in [0.717, 1.165) is 5.70 Å². The van der Waals surface area contributed by atoms with Gasteiger partial charge in [-0.3, -0.25) is 0 Å². The van der Waals surface area contributed by atoms with Crippen LogP contribution >= 0.6 is 0 Å². The molecule has 1 aromatic carbocycles. The van der Waals surface area contributed by atoms with Gasteiger partial charge in [0.25, 0.3) is 0 Å². The molecular weight excluding hydrogens is 194 g/mol. The fourth-order valence-electron chi connectivity index (χ4n) is 2.61. The minimum Gasteiger partial charge on any atom is -0.355 e. The van der Waals surface area contributed by atoms with E-state index in [-0.39, 0.29) is 0 Å². The van der Waals surface area contributed by atoms with Crippen molar-refractivity contribution in [3.63, 3.8) is 0 Å². The second kappa shape index (κ2) is 3.38. The molecule has 1 heteroatoms. The molecule has 1 N–H and O–H groups in total. The van der Waals surface area contributed by atoms with Crippen molar-refractivity contribution in [3.8, 4) is 0 Å². The highest BCUT2D eigenvalue weighted by molar-refractivity contribution is 5.88. The number of allylic oxidation sites excluding steroid dienone is 3. The predicted octanol–water partition coefficient (Wildman–Crippen LogP) is 3.68. The molecular formula is C15H15N. The number of aryl methyl sites for hydroxylation is 2. The Hall–Kier alpha value is -1.76. The van der Waals surface area contributed by atoms with E-state index in [9.17, 15) is 0 Å². The van der Waals surface area contributed by atoms with Gasteiger partial charge in [0.05, 0.1) is 0 Å². The minimum atomic E-state index is 0.945. The minimum absolute atomic E-state index is 0.945. The first kappa shape index (κ1) is 9.46. The van der Waals surface area contributed by atoms with Gasteiger partial charge in [0, 0.05) is 16.9 Å². The van der Waals surface area contributed by atoms with Crippen LogP contribution in [0.2, 0.25) is 0 Å². The second-order valence-corrected chi connectivity index (χ2v) is 4.47. The molecule has 80 valence electrons. The standard InChI is InChI=1S/C15H15N/c1-3-11-7-10(2)16-15-9-13-6-4-5-12(13)8-14(11)15/h3,7-9,16H,1-2,4-6H2. The lowest BCUT2D eigenvalue weighted by molar-refractivity contribution is 0.912. The quantitative estimate of drug-likeness (QED) is 0.744. The van der Waals surface area contributed by atoms with Crippen molar-refractivity contribution in [2.45, 2.75) is 19.3 Å². The van der Waals surface area contributed by atoms with Gasteiger partial charge in [-0.15, -0.1) is 0 Å². The molecule has 0 unspecified atom stereocenters. The summed E-state index contributed by atoms with van der Waals surface area (Å²) in [5.41, 5.74) is 7.56. The van der Waals surface area contributed by atoms with Crippen molar-refractivity contribution in [1.82, 2.24) is 0 Å². The van der Waals surface area contributed by atoms with Gasteiger partial charge in [0.2, 0.25) is 0 Å². The third kappa shape index (κ3) is 1.32. The Balaban J connectivity index is 2.20. The monoisotopic (exact) mass is 209 g/mol. The lowest BCUT2D eigenvalue weighted by atomic mass is 9.95. The van der Waals surface area contributed by atoms with Crippen molar-refractivity contribution in [3.05, 3.63) is 59.8 Å². The van der Waals surface area contributed by atoms with Crippen LogP contribution in [-0.2, 0) is 12.8 Å². The molecule has 0 atom stereocenters. The summed E-state index contributed by atoms with van der Waals surface area (Å²) < 4.78 is 0. The summed E-state index contributed by atoms with van der Waals surface area (Å²) in [6.45, 7) is 7.84. The van der Waals surface area contributed by atoms with Crippen molar-refractivity contribution < 1.29 is 0 Å². The summed E-state index contributed by atoms with van der Waals surface area (Å²) in [5.74, 6) is 0. The average molecular weight is 209 g/mol. The van der Waals surface area contributed by atoms with E-state index >= 15 is 0 Å². The van der Waals surface area contributed by atoms with E-state index in [1.165, 1.54) is 47.2 Å². The predicted molar refractivity (Wildman–Crippen MR) is 69.4 cm³/mol. The number of fused-ring (bicyclic) bond motifs is 2. The molecule has 2 aliphatic rings. The molecule has 0 fully saturated rings. The smallest absolute Gasteiger partial charge is 0.0466 e. The Kier molecular flexibility index (Phi) is 2.00. The Labute approximate surface area is 96.2 Å². The summed E-state index contributed by atoms with van der Waals surface area (Å²) in [6.07, 6.45) is 7.67. The largest absolute Gasteiger partial charge is 0.355 e. The summed E-state index contributed by atoms with van der Waals surface area (Å²) in [7, 11) is 0. The van der Waals surface area contributed by atoms with Crippen molar-refractivity contribution in [2.75, 3.05) is 5.32 Å². The average Bonchev–Trinajstić information content (AvgIpc) is 2.72. The highest BCUT2D eigenvalue weighted by Gasteiger charge is 2.18. The molecule has 0 bridgehead atoms. The van der Waals surface area contributed by atoms with Gasteiger partial charge in [-0.25, -0.2) is 0 Å². The molecule has 1 aliphatic carbocycles. The molecule has 0 amide bonds. The zero-order valence-electron chi connectivity index (χ0n) is 9.34. The maximum Gasteiger partial charge on any atom is 0.0466 e. The number of hydrogen-bond acceptors (Lipinski definition) is 1. The molecule has 1 heterocycles. The molecule has 1 aliphatic heterocycles. The topological polar surface area (TPSA) is 12.0 Å². The summed E-state index contributed by atoms with van der Waals surface area (Å²) in [4.78, 5) is 0. The van der Waals surface area contributed by atoms with Gasteiger partial charge in [-0.1, -0.05) is 19.2 Å². The van der Waals surface area contributed by atoms with Gasteiger partial charge < -0.3 is 5.32 Å². The van der Waals surface area contributed by atoms with E-state index in [4.69, 9.17) is 0 Å². The first-order chi connectivity index (χ1) is 7.78. The highest BCUT2D eigenvalue weighted by Crippen LogP contribution is 2.36. The van der Waals surface area contributed by atoms with Crippen LogP contribution in [0, 0.1) is 0 Å². The third-order valence-electron chi connectivity index (χ3n) is 3.39. The van der Waals surface area contributed by atoms with Crippen LogP contribution in [0.3, 0.4) is 0 Å². The van der Waals surface area contributed by atoms with Crippen LogP contribution in [0.25, 0.3) is 5.57 Å². The number of benzene rings is 1. The van der Waals surface area contributed by atoms with E-state index in [2.05, 4.69) is 36.7 Å². The Morgan fingerprint density at radius 2 is 1.94 bits per heavy atom. The molecule has 16 heavy (non-hydrogen) atoms. The fourth-order valence-corrected chi connectivity index (χ4v) is 2.61. The van der Waals surface area contributed by atoms with E-state index in [1.807, 2.05) is 6.08 Å². The molecule has 0 saturated carbocycles. The fraction of sp³-hybridized carbons (Fsp3) is 0.200. The summed E-state index contributed by atoms with van der Waals surface area (Å²) >= 11 is 0. The zero-order chi connectivity index (χ0) is 11.1. The number of hydrogen-bond donors (Lipinski definition) is 1. The van der Waals surface area contributed by atoms with Crippen LogP contribution in [-0.4, -0.2) is 0 Å². The Morgan fingerprint density at radius 1 is 1.19 bits per heavy atom. The van der Waals surface area contributed by atoms with Crippen LogP contribution < -0.4 is 5.32 Å². The van der Waals surface area contributed by atoms with Gasteiger partial charge in [0.15, 0.2) is 0 Å². The number of nitrogens with one attached hydrogen (secondary N) is 1. The van der Waals surface area contributed by atoms with Gasteiger partial charge in [0.1, 0.15) is 0 Å². The summed E-state index contributed by atoms with van der Waals surface area (Å²) in [5, 5.41) is 3.34. The van der Waals surface area contributed by atoms with Crippen LogP contribution in [0.5, 0.6) is 0 Å². The van der Waals surface area contributed by atoms with Crippen LogP contribution in [0.1, 0.15) is 23.1 Å². The number of rotatable bonds is 1. The first-order valence-corrected chi connectivity index (χ1v) is 5.74. The molecule has 3 rings (SSSR count). The Bertz CT molecular complexity index is 520. The van der Waals surface area contributed by atoms with Crippen molar-refractivity contribution in [2.24, 2.45) is 0 Å². The third-order valence-corrected chi connectivity index (χ3v) is 3.39. The lowest BCUT2D eigenvalue weighted by Crippen LogP contribution is -2.06. The zero-order valence-corrected chi connectivity index (χ0v) is 9.34. The molecule has 1 nitrogen and oxygen atoms in total. The maximum atomic E-state index is 3.97. The summed E-state index contributed by atoms with van der Waals surface area (Å²) in [6, 6.07) is 4.59. The molecule has 0 spiro atoms. The van der Waals surface area contributed by atoms with Crippen LogP contribution in [0.15, 0.2) is 43.1 Å². The van der Waals surface area contributed by atoms with Gasteiger partial charge >= 0.3 is 0 Å². The first-order valence-electron chi connectivity index (χ1n) is 5.74. The SMILES string of the molecule is C=CC1=CC(=C)Nc2cc3c(cc21)CCC3. The lowest BCUT2D eigenvalue weighted by Gasteiger charge is -2.20. The molecule has 0 saturated heterocycles. The van der Waals surface area contributed by atoms with Crippen molar-refractivity contribution >= 4 is 11.3 Å². The Morgan fingerprint density at radius 3 is 2.69 bits per heavy atom. The molecule has 0 aromatic heterocycles. The highest BCUT2D eigenvalue weighted by atomic mass is 14.9. The molecule has 0 radical (unpaired) electrons. The van der Waals surface area contributed by atoms with Gasteiger partial charge in [-0.2, -0.15) is 0 Å². The van der Waals surface area contributed by atoms with Crippen molar-refractivity contribution in [1.29, 1.82) is 0 Å². The van der Waals surface area contributed by atoms with E-state index in [0.29, 0.717) is 0 Å². The van der Waals surface area contributed by atoms with E-state index < -0.39 is 0 Å². The number of anilines is 1. The maximum absolute atomic E-state index is 3.97. The second-order valence-electron chi connectivity index (χ2n) is 4.47. The van der Waals surface area contributed by atoms with Gasteiger partial charge in [-0.05, 0) is 54.2 Å². The van der Waals surface area contributed by atoms with Crippen LogP contribution in [0.4, 0.5) is 5.69 Å². The normalized spacial score (nSPS) is 17.2. The van der Waals surface area contributed by atoms with E-state index in [1.54, 1.807) is 0 Å².